The monoisotopic (exact) mass is 580 g/mol. The second kappa shape index (κ2) is 12.6. The van der Waals surface area contributed by atoms with Crippen molar-refractivity contribution in [3.63, 3.8) is 0 Å². The van der Waals surface area contributed by atoms with Crippen molar-refractivity contribution in [1.29, 1.82) is 0 Å². The molecular weight excluding hydrogens is 531 g/mol. The van der Waals surface area contributed by atoms with Crippen molar-refractivity contribution < 1.29 is 23.4 Å². The molecule has 42 heavy (non-hydrogen) atoms. The number of hydrogen-bond donors (Lipinski definition) is 0. The first kappa shape index (κ1) is 31.7. The third-order valence-electron chi connectivity index (χ3n) is 8.46. The smallest absolute Gasteiger partial charge is 0.197 e. The van der Waals surface area contributed by atoms with Crippen molar-refractivity contribution in [3.8, 4) is 17.2 Å². The number of piperidine rings is 1. The first-order valence-electron chi connectivity index (χ1n) is 15.5. The van der Waals surface area contributed by atoms with Gasteiger partial charge in [-0.1, -0.05) is 33.8 Å². The number of fused-ring (bicyclic) bond motifs is 1. The van der Waals surface area contributed by atoms with Crippen LogP contribution < -0.4 is 19.1 Å². The molecule has 230 valence electrons. The maximum Gasteiger partial charge on any atom is 0.197 e. The number of halogens is 1. The van der Waals surface area contributed by atoms with Crippen molar-refractivity contribution in [2.24, 2.45) is 0 Å². The van der Waals surface area contributed by atoms with Gasteiger partial charge < -0.3 is 24.0 Å². The highest BCUT2D eigenvalue weighted by Gasteiger charge is 2.44. The van der Waals surface area contributed by atoms with E-state index in [1.807, 2.05) is 63.8 Å². The fourth-order valence-corrected chi connectivity index (χ4v) is 6.30. The zero-order valence-electron chi connectivity index (χ0n) is 27.1. The first-order chi connectivity index (χ1) is 19.9. The Labute approximate surface area is 251 Å². The van der Waals surface area contributed by atoms with Crippen LogP contribution in [0.15, 0.2) is 24.3 Å². The van der Waals surface area contributed by atoms with E-state index >= 15 is 4.39 Å². The van der Waals surface area contributed by atoms with Crippen LogP contribution in [-0.4, -0.2) is 50.6 Å². The number of benzene rings is 2. The van der Waals surface area contributed by atoms with Crippen LogP contribution in [0.25, 0.3) is 5.70 Å². The summed E-state index contributed by atoms with van der Waals surface area (Å²) in [6, 6.07) is 5.89. The predicted octanol–water partition coefficient (Wildman–Crippen LogP) is 8.10. The molecule has 0 spiro atoms. The van der Waals surface area contributed by atoms with E-state index in [2.05, 4.69) is 25.7 Å². The van der Waals surface area contributed by atoms with E-state index in [-0.39, 0.29) is 23.5 Å². The molecule has 0 saturated carbocycles. The highest BCUT2D eigenvalue weighted by molar-refractivity contribution is 6.00. The van der Waals surface area contributed by atoms with Crippen LogP contribution in [0.5, 0.6) is 17.2 Å². The normalized spacial score (nSPS) is 17.4. The minimum atomic E-state index is -0.654. The highest BCUT2D eigenvalue weighted by atomic mass is 19.1. The first-order valence-corrected chi connectivity index (χ1v) is 15.5. The Bertz CT molecular complexity index is 1340. The number of nitrogens with zero attached hydrogens (tertiary/aromatic N) is 2. The van der Waals surface area contributed by atoms with Gasteiger partial charge in [0.25, 0.3) is 0 Å². The molecule has 0 unspecified atom stereocenters. The standard InChI is InChI=1S/C35H49FN2O4/c1-10-16-26-30-24(21-29(41-11-2)33(31(30)36)42-12-3)35(7,8)38(26)22-28(39)23-19-25(34(4,5)6)32(40-9)27(20-23)37-17-14-13-15-18-37/h16,19-21H,10-15,17-18,22H2,1-9H3. The Morgan fingerprint density at radius 2 is 1.67 bits per heavy atom. The molecule has 0 aromatic heterocycles. The zero-order valence-corrected chi connectivity index (χ0v) is 27.1. The summed E-state index contributed by atoms with van der Waals surface area (Å²) >= 11 is 0. The van der Waals surface area contributed by atoms with Crippen LogP contribution in [0.1, 0.15) is 108 Å². The van der Waals surface area contributed by atoms with Gasteiger partial charge >= 0.3 is 0 Å². The van der Waals surface area contributed by atoms with Gasteiger partial charge in [0.2, 0.25) is 0 Å². The molecule has 2 aliphatic heterocycles. The summed E-state index contributed by atoms with van der Waals surface area (Å²) in [4.78, 5) is 18.7. The van der Waals surface area contributed by atoms with Crippen molar-refractivity contribution in [1.82, 2.24) is 4.90 Å². The highest BCUT2D eigenvalue weighted by Crippen LogP contribution is 2.51. The van der Waals surface area contributed by atoms with Crippen LogP contribution >= 0.6 is 0 Å². The topological polar surface area (TPSA) is 51.2 Å². The summed E-state index contributed by atoms with van der Waals surface area (Å²) in [6.45, 7) is 19.0. The van der Waals surface area contributed by atoms with Crippen molar-refractivity contribution in [2.75, 3.05) is 44.9 Å². The van der Waals surface area contributed by atoms with E-state index in [1.165, 1.54) is 6.42 Å². The van der Waals surface area contributed by atoms with Gasteiger partial charge in [-0.3, -0.25) is 4.79 Å². The summed E-state index contributed by atoms with van der Waals surface area (Å²) in [7, 11) is 1.72. The average molecular weight is 581 g/mol. The molecule has 0 aliphatic carbocycles. The fourth-order valence-electron chi connectivity index (χ4n) is 6.30. The van der Waals surface area contributed by atoms with Gasteiger partial charge in [0.1, 0.15) is 5.75 Å². The van der Waals surface area contributed by atoms with Crippen molar-refractivity contribution in [2.45, 2.75) is 92.0 Å². The molecule has 2 aromatic carbocycles. The second-order valence-corrected chi connectivity index (χ2v) is 12.7. The minimum Gasteiger partial charge on any atom is -0.494 e. The quantitative estimate of drug-likeness (QED) is 0.265. The molecule has 0 bridgehead atoms. The molecule has 7 heteroatoms. The molecule has 2 aliphatic rings. The van der Waals surface area contributed by atoms with E-state index in [1.54, 1.807) is 7.11 Å². The number of carbonyl (C=O) groups is 1. The van der Waals surface area contributed by atoms with Gasteiger partial charge in [-0.15, -0.1) is 0 Å². The molecule has 0 N–H and O–H groups in total. The Morgan fingerprint density at radius 1 is 1.00 bits per heavy atom. The molecular formula is C35H49FN2O4. The average Bonchev–Trinajstić information content (AvgIpc) is 3.15. The van der Waals surface area contributed by atoms with E-state index in [4.69, 9.17) is 14.2 Å². The van der Waals surface area contributed by atoms with Crippen LogP contribution in [0.2, 0.25) is 0 Å². The van der Waals surface area contributed by atoms with Gasteiger partial charge in [-0.2, -0.15) is 0 Å². The summed E-state index contributed by atoms with van der Waals surface area (Å²) in [5.41, 5.74) is 3.76. The largest absolute Gasteiger partial charge is 0.494 e. The van der Waals surface area contributed by atoms with Crippen LogP contribution in [-0.2, 0) is 11.0 Å². The predicted molar refractivity (Wildman–Crippen MR) is 169 cm³/mol. The Morgan fingerprint density at radius 3 is 2.24 bits per heavy atom. The molecule has 1 fully saturated rings. The van der Waals surface area contributed by atoms with Crippen molar-refractivity contribution in [3.05, 3.63) is 52.3 Å². The number of methoxy groups -OCH3 is 1. The van der Waals surface area contributed by atoms with Gasteiger partial charge in [0.15, 0.2) is 23.1 Å². The van der Waals surface area contributed by atoms with Crippen LogP contribution in [0.3, 0.4) is 0 Å². The molecule has 6 nitrogen and oxygen atoms in total. The maximum absolute atomic E-state index is 16.2. The molecule has 0 amide bonds. The number of ether oxygens (including phenoxy) is 3. The number of allylic oxidation sites excluding steroid dienone is 1. The SMILES string of the molecule is CCC=C1c2c(cc(OCC)c(OCC)c2F)C(C)(C)N1CC(=O)c1cc(N2CCCCC2)c(OC)c(C(C)(C)C)c1. The number of anilines is 1. The Balaban J connectivity index is 1.81. The number of hydrogen-bond acceptors (Lipinski definition) is 6. The second-order valence-electron chi connectivity index (χ2n) is 12.7. The summed E-state index contributed by atoms with van der Waals surface area (Å²) in [5.74, 6) is 0.909. The summed E-state index contributed by atoms with van der Waals surface area (Å²) < 4.78 is 33.8. The van der Waals surface area contributed by atoms with Crippen LogP contribution in [0.4, 0.5) is 10.1 Å². The van der Waals surface area contributed by atoms with Crippen molar-refractivity contribution >= 4 is 17.2 Å². The Kier molecular flexibility index (Phi) is 9.49. The molecule has 0 atom stereocenters. The van der Waals surface area contributed by atoms with Gasteiger partial charge in [0, 0.05) is 35.5 Å². The lowest BCUT2D eigenvalue weighted by Gasteiger charge is -2.35. The lowest BCUT2D eigenvalue weighted by molar-refractivity contribution is 0.0912. The lowest BCUT2D eigenvalue weighted by atomic mass is 9.84. The third kappa shape index (κ3) is 5.84. The molecule has 4 rings (SSSR count). The fraction of sp³-hybridized carbons (Fsp3) is 0.571. The minimum absolute atomic E-state index is 0.0141. The molecule has 0 radical (unpaired) electrons. The number of Topliss-reactive ketones (excluding diaryl/α,β-unsaturated/α-hetero) is 1. The van der Waals surface area contributed by atoms with Gasteiger partial charge in [-0.25, -0.2) is 4.39 Å². The molecule has 1 saturated heterocycles. The summed E-state index contributed by atoms with van der Waals surface area (Å²) in [5, 5.41) is 0. The number of carbonyl (C=O) groups excluding carboxylic acids is 1. The zero-order chi connectivity index (χ0) is 30.8. The van der Waals surface area contributed by atoms with E-state index < -0.39 is 11.4 Å². The van der Waals surface area contributed by atoms with Gasteiger partial charge in [-0.05, 0) is 82.6 Å². The van der Waals surface area contributed by atoms with E-state index in [0.29, 0.717) is 42.2 Å². The van der Waals surface area contributed by atoms with Crippen LogP contribution in [0, 0.1) is 5.82 Å². The Hall–Kier alpha value is -3.22. The number of rotatable bonds is 10. The lowest BCUT2D eigenvalue weighted by Crippen LogP contribution is -2.38. The molecule has 2 heterocycles. The van der Waals surface area contributed by atoms with E-state index in [9.17, 15) is 4.79 Å². The molecule has 2 aromatic rings. The maximum atomic E-state index is 16.2. The number of ketones is 1. The van der Waals surface area contributed by atoms with Gasteiger partial charge in [0.05, 0.1) is 38.1 Å². The third-order valence-corrected chi connectivity index (χ3v) is 8.46. The summed E-state index contributed by atoms with van der Waals surface area (Å²) in [6.07, 6.45) is 6.16. The van der Waals surface area contributed by atoms with E-state index in [0.717, 1.165) is 48.5 Å².